The topological polar surface area (TPSA) is 84.9 Å². The van der Waals surface area contributed by atoms with E-state index in [1.807, 2.05) is 44.2 Å². The standard InChI is InChI=1S/C16H23NO5/c1-16(2,12-21-10-6-9-14(18)19)17-15(20)22-11-13-7-4-3-5-8-13/h3-5,7-8H,6,9-12H2,1-2H3,(H,17,20)(H,18,19). The summed E-state index contributed by atoms with van der Waals surface area (Å²) in [5.41, 5.74) is 0.331. The first-order valence-electron chi connectivity index (χ1n) is 7.17. The van der Waals surface area contributed by atoms with Crippen molar-refractivity contribution in [3.05, 3.63) is 35.9 Å². The molecule has 2 N–H and O–H groups in total. The molecule has 0 bridgehead atoms. The number of nitrogens with one attached hydrogen (secondary N) is 1. The number of carboxylic acid groups (broad SMARTS) is 1. The van der Waals surface area contributed by atoms with Crippen molar-refractivity contribution in [3.63, 3.8) is 0 Å². The normalized spacial score (nSPS) is 11.0. The van der Waals surface area contributed by atoms with E-state index < -0.39 is 17.6 Å². The predicted molar refractivity (Wildman–Crippen MR) is 81.5 cm³/mol. The third-order valence-electron chi connectivity index (χ3n) is 2.80. The number of hydrogen-bond donors (Lipinski definition) is 2. The molecule has 0 saturated carbocycles. The molecule has 0 fully saturated rings. The van der Waals surface area contributed by atoms with E-state index in [1.54, 1.807) is 0 Å². The van der Waals surface area contributed by atoms with Crippen LogP contribution >= 0.6 is 0 Å². The molecule has 0 radical (unpaired) electrons. The molecule has 1 rings (SSSR count). The molecule has 0 heterocycles. The van der Waals surface area contributed by atoms with E-state index in [2.05, 4.69) is 5.32 Å². The Balaban J connectivity index is 2.22. The molecule has 0 spiro atoms. The number of rotatable bonds is 9. The lowest BCUT2D eigenvalue weighted by molar-refractivity contribution is -0.137. The zero-order chi connectivity index (χ0) is 16.4. The number of carboxylic acids is 1. The number of alkyl carbamates (subject to hydrolysis) is 1. The lowest BCUT2D eigenvalue weighted by atomic mass is 10.1. The van der Waals surface area contributed by atoms with Crippen LogP contribution in [0.25, 0.3) is 0 Å². The summed E-state index contributed by atoms with van der Waals surface area (Å²) in [4.78, 5) is 22.1. The summed E-state index contributed by atoms with van der Waals surface area (Å²) in [5.74, 6) is -0.842. The monoisotopic (exact) mass is 309 g/mol. The van der Waals surface area contributed by atoms with Crippen LogP contribution in [0.2, 0.25) is 0 Å². The van der Waals surface area contributed by atoms with Crippen molar-refractivity contribution < 1.29 is 24.2 Å². The Morgan fingerprint density at radius 3 is 2.55 bits per heavy atom. The van der Waals surface area contributed by atoms with Gasteiger partial charge in [-0.25, -0.2) is 4.79 Å². The van der Waals surface area contributed by atoms with Crippen molar-refractivity contribution in [3.8, 4) is 0 Å². The molecule has 122 valence electrons. The van der Waals surface area contributed by atoms with Crippen molar-refractivity contribution in [1.29, 1.82) is 0 Å². The van der Waals surface area contributed by atoms with Crippen LogP contribution in [0.15, 0.2) is 30.3 Å². The summed E-state index contributed by atoms with van der Waals surface area (Å²) in [6, 6.07) is 9.42. The molecule has 1 aromatic carbocycles. The minimum atomic E-state index is -0.842. The Bertz CT molecular complexity index is 473. The number of aliphatic carboxylic acids is 1. The van der Waals surface area contributed by atoms with Crippen LogP contribution in [0.1, 0.15) is 32.3 Å². The molecule has 0 atom stereocenters. The van der Waals surface area contributed by atoms with Crippen molar-refractivity contribution in [1.82, 2.24) is 5.32 Å². The summed E-state index contributed by atoms with van der Waals surface area (Å²) in [6.07, 6.45) is 0.0135. The fraction of sp³-hybridized carbons (Fsp3) is 0.500. The van der Waals surface area contributed by atoms with Gasteiger partial charge in [-0.15, -0.1) is 0 Å². The van der Waals surface area contributed by atoms with E-state index >= 15 is 0 Å². The Morgan fingerprint density at radius 1 is 1.23 bits per heavy atom. The summed E-state index contributed by atoms with van der Waals surface area (Å²) in [5, 5.41) is 11.2. The van der Waals surface area contributed by atoms with Crippen molar-refractivity contribution >= 4 is 12.1 Å². The van der Waals surface area contributed by atoms with Crippen LogP contribution < -0.4 is 5.32 Å². The second-order valence-electron chi connectivity index (χ2n) is 5.62. The van der Waals surface area contributed by atoms with E-state index in [9.17, 15) is 9.59 Å². The lowest BCUT2D eigenvalue weighted by Gasteiger charge is -2.25. The Kier molecular flexibility index (Phi) is 7.39. The van der Waals surface area contributed by atoms with Crippen LogP contribution in [0.4, 0.5) is 4.79 Å². The molecule has 0 aliphatic carbocycles. The van der Waals surface area contributed by atoms with Gasteiger partial charge in [-0.1, -0.05) is 30.3 Å². The molecule has 1 amide bonds. The largest absolute Gasteiger partial charge is 0.481 e. The van der Waals surface area contributed by atoms with E-state index in [1.165, 1.54) is 0 Å². The smallest absolute Gasteiger partial charge is 0.407 e. The van der Waals surface area contributed by atoms with Crippen LogP contribution in [-0.4, -0.2) is 35.9 Å². The molecule has 0 unspecified atom stereocenters. The van der Waals surface area contributed by atoms with Crippen LogP contribution in [0.3, 0.4) is 0 Å². The number of benzene rings is 1. The number of amides is 1. The van der Waals surface area contributed by atoms with Gasteiger partial charge in [-0.2, -0.15) is 0 Å². The zero-order valence-electron chi connectivity index (χ0n) is 13.0. The molecule has 0 aliphatic rings. The maximum absolute atomic E-state index is 11.7. The van der Waals surface area contributed by atoms with E-state index in [0.29, 0.717) is 13.0 Å². The Labute approximate surface area is 130 Å². The second-order valence-corrected chi connectivity index (χ2v) is 5.62. The summed E-state index contributed by atoms with van der Waals surface area (Å²) in [6.45, 7) is 4.47. The van der Waals surface area contributed by atoms with Gasteiger partial charge in [-0.05, 0) is 25.8 Å². The number of carbonyl (C=O) groups excluding carboxylic acids is 1. The average Bonchev–Trinajstić information content (AvgIpc) is 2.45. The third kappa shape index (κ3) is 8.26. The fourth-order valence-electron chi connectivity index (χ4n) is 1.72. The van der Waals surface area contributed by atoms with Gasteiger partial charge < -0.3 is 19.9 Å². The van der Waals surface area contributed by atoms with Crippen LogP contribution in [0.5, 0.6) is 0 Å². The molecule has 0 saturated heterocycles. The van der Waals surface area contributed by atoms with Gasteiger partial charge in [0.15, 0.2) is 0 Å². The van der Waals surface area contributed by atoms with Gasteiger partial charge >= 0.3 is 12.1 Å². The van der Waals surface area contributed by atoms with Gasteiger partial charge in [-0.3, -0.25) is 4.79 Å². The van der Waals surface area contributed by atoms with Gasteiger partial charge in [0.2, 0.25) is 0 Å². The summed E-state index contributed by atoms with van der Waals surface area (Å²) < 4.78 is 10.5. The van der Waals surface area contributed by atoms with Gasteiger partial charge in [0, 0.05) is 13.0 Å². The van der Waals surface area contributed by atoms with E-state index in [0.717, 1.165) is 5.56 Å². The molecule has 1 aromatic rings. The molecule has 6 nitrogen and oxygen atoms in total. The minimum absolute atomic E-state index is 0.0764. The molecule has 0 aliphatic heterocycles. The lowest BCUT2D eigenvalue weighted by Crippen LogP contribution is -2.47. The first kappa shape index (κ1) is 18.0. The molecular formula is C16H23NO5. The average molecular weight is 309 g/mol. The summed E-state index contributed by atoms with van der Waals surface area (Å²) in [7, 11) is 0. The van der Waals surface area contributed by atoms with Crippen molar-refractivity contribution in [2.45, 2.75) is 38.8 Å². The highest BCUT2D eigenvalue weighted by atomic mass is 16.5. The predicted octanol–water partition coefficient (Wildman–Crippen LogP) is 2.57. The number of ether oxygens (including phenoxy) is 2. The SMILES string of the molecule is CC(C)(COCCCC(=O)O)NC(=O)OCc1ccccc1. The highest BCUT2D eigenvalue weighted by molar-refractivity contribution is 5.68. The van der Waals surface area contributed by atoms with E-state index in [4.69, 9.17) is 14.6 Å². The Hall–Kier alpha value is -2.08. The number of carbonyl (C=O) groups is 2. The van der Waals surface area contributed by atoms with E-state index in [-0.39, 0.29) is 19.6 Å². The highest BCUT2D eigenvalue weighted by Crippen LogP contribution is 2.06. The highest BCUT2D eigenvalue weighted by Gasteiger charge is 2.21. The first-order valence-corrected chi connectivity index (χ1v) is 7.17. The fourth-order valence-corrected chi connectivity index (χ4v) is 1.72. The zero-order valence-corrected chi connectivity index (χ0v) is 13.0. The van der Waals surface area contributed by atoms with Crippen molar-refractivity contribution in [2.75, 3.05) is 13.2 Å². The van der Waals surface area contributed by atoms with Crippen LogP contribution in [0, 0.1) is 0 Å². The Morgan fingerprint density at radius 2 is 1.91 bits per heavy atom. The summed E-state index contributed by atoms with van der Waals surface area (Å²) >= 11 is 0. The molecule has 0 aromatic heterocycles. The van der Waals surface area contributed by atoms with Gasteiger partial charge in [0.1, 0.15) is 6.61 Å². The molecule has 6 heteroatoms. The van der Waals surface area contributed by atoms with Crippen LogP contribution in [-0.2, 0) is 20.9 Å². The maximum atomic E-state index is 11.7. The minimum Gasteiger partial charge on any atom is -0.481 e. The van der Waals surface area contributed by atoms with Gasteiger partial charge in [0.05, 0.1) is 12.1 Å². The first-order chi connectivity index (χ1) is 10.4. The van der Waals surface area contributed by atoms with Crippen molar-refractivity contribution in [2.24, 2.45) is 0 Å². The maximum Gasteiger partial charge on any atom is 0.407 e. The third-order valence-corrected chi connectivity index (χ3v) is 2.80. The second kappa shape index (κ2) is 9.04. The molecule has 22 heavy (non-hydrogen) atoms. The number of hydrogen-bond acceptors (Lipinski definition) is 4. The quantitative estimate of drug-likeness (QED) is 0.685. The van der Waals surface area contributed by atoms with Gasteiger partial charge in [0.25, 0.3) is 0 Å². The molecular weight excluding hydrogens is 286 g/mol.